The average Bonchev–Trinajstić information content (AvgIpc) is 3.05. The highest BCUT2D eigenvalue weighted by atomic mass is 35.5. The van der Waals surface area contributed by atoms with Crippen LogP contribution in [0, 0.1) is 19.7 Å². The van der Waals surface area contributed by atoms with Crippen LogP contribution in [0.4, 0.5) is 4.39 Å². The Morgan fingerprint density at radius 1 is 1.36 bits per heavy atom. The quantitative estimate of drug-likeness (QED) is 0.757. The fraction of sp³-hybridized carbons (Fsp3) is 0.412. The van der Waals surface area contributed by atoms with E-state index in [2.05, 4.69) is 20.3 Å². The molecule has 1 aromatic carbocycles. The van der Waals surface area contributed by atoms with Crippen LogP contribution in [0.15, 0.2) is 24.3 Å². The van der Waals surface area contributed by atoms with E-state index in [-0.39, 0.29) is 24.3 Å². The minimum Gasteiger partial charge on any atom is -0.314 e. The van der Waals surface area contributed by atoms with Crippen LogP contribution in [0.2, 0.25) is 0 Å². The number of hydrogen-bond donors (Lipinski definition) is 1. The Bertz CT molecular complexity index is 877. The molecular weight excluding hydrogens is 361 g/mol. The number of aromatic nitrogens is 3. The molecule has 1 unspecified atom stereocenters. The van der Waals surface area contributed by atoms with E-state index in [1.165, 1.54) is 6.07 Å². The average molecular weight is 382 g/mol. The predicted molar refractivity (Wildman–Crippen MR) is 100 cm³/mol. The van der Waals surface area contributed by atoms with Gasteiger partial charge in [-0.3, -0.25) is 4.90 Å². The highest BCUT2D eigenvalue weighted by molar-refractivity contribution is 7.16. The summed E-state index contributed by atoms with van der Waals surface area (Å²) in [5.41, 5.74) is 3.15. The number of rotatable bonds is 3. The second kappa shape index (κ2) is 7.37. The van der Waals surface area contributed by atoms with Crippen LogP contribution >= 0.6 is 23.7 Å². The predicted octanol–water partition coefficient (Wildman–Crippen LogP) is 3.12. The van der Waals surface area contributed by atoms with Crippen molar-refractivity contribution >= 4 is 28.7 Å². The Labute approximate surface area is 156 Å². The first kappa shape index (κ1) is 18.3. The van der Waals surface area contributed by atoms with Gasteiger partial charge in [0.15, 0.2) is 0 Å². The number of piperazine rings is 1. The van der Waals surface area contributed by atoms with Gasteiger partial charge in [-0.2, -0.15) is 5.10 Å². The zero-order valence-corrected chi connectivity index (χ0v) is 15.8. The highest BCUT2D eigenvalue weighted by Gasteiger charge is 2.26. The second-order valence-electron chi connectivity index (χ2n) is 6.20. The van der Waals surface area contributed by atoms with Gasteiger partial charge in [0.05, 0.1) is 11.4 Å². The molecule has 0 saturated carbocycles. The van der Waals surface area contributed by atoms with E-state index in [9.17, 15) is 4.39 Å². The van der Waals surface area contributed by atoms with Crippen molar-refractivity contribution in [3.63, 3.8) is 0 Å². The van der Waals surface area contributed by atoms with Crippen molar-refractivity contribution in [2.45, 2.75) is 26.4 Å². The molecule has 1 aliphatic rings. The number of nitrogens with zero attached hydrogens (tertiary/aromatic N) is 4. The number of nitrogens with one attached hydrogen (secondary N) is 1. The van der Waals surface area contributed by atoms with Gasteiger partial charge in [0, 0.05) is 32.2 Å². The van der Waals surface area contributed by atoms with Gasteiger partial charge in [-0.05, 0) is 31.5 Å². The second-order valence-corrected chi connectivity index (χ2v) is 7.36. The first-order valence-electron chi connectivity index (χ1n) is 8.13. The van der Waals surface area contributed by atoms with Gasteiger partial charge < -0.3 is 5.32 Å². The van der Waals surface area contributed by atoms with Crippen molar-refractivity contribution in [2.24, 2.45) is 0 Å². The van der Waals surface area contributed by atoms with Gasteiger partial charge in [-0.25, -0.2) is 13.9 Å². The molecule has 1 N–H and O–H groups in total. The normalized spacial score (nSPS) is 18.4. The summed E-state index contributed by atoms with van der Waals surface area (Å²) in [5.74, 6) is -0.184. The number of benzene rings is 1. The van der Waals surface area contributed by atoms with E-state index in [0.717, 1.165) is 53.1 Å². The van der Waals surface area contributed by atoms with E-state index in [1.807, 2.05) is 24.4 Å². The minimum atomic E-state index is -0.184. The van der Waals surface area contributed by atoms with Crippen LogP contribution < -0.4 is 5.32 Å². The molecule has 3 heterocycles. The molecule has 1 aliphatic heterocycles. The van der Waals surface area contributed by atoms with Crippen molar-refractivity contribution in [1.29, 1.82) is 0 Å². The van der Waals surface area contributed by atoms with Crippen LogP contribution in [0.5, 0.6) is 0 Å². The lowest BCUT2D eigenvalue weighted by molar-refractivity contribution is 0.150. The van der Waals surface area contributed by atoms with Gasteiger partial charge >= 0.3 is 0 Å². The molecular formula is C17H21ClFN5S. The molecule has 5 nitrogen and oxygen atoms in total. The lowest BCUT2D eigenvalue weighted by Gasteiger charge is -2.36. The molecule has 0 aliphatic carbocycles. The van der Waals surface area contributed by atoms with Gasteiger partial charge in [-0.15, -0.1) is 12.4 Å². The number of halogens is 2. The Hall–Kier alpha value is -1.54. The Morgan fingerprint density at radius 2 is 2.20 bits per heavy atom. The first-order valence-corrected chi connectivity index (χ1v) is 8.95. The summed E-state index contributed by atoms with van der Waals surface area (Å²) in [4.78, 5) is 7.96. The number of hydrogen-bond acceptors (Lipinski definition) is 5. The standard InChI is InChI=1S/C17H20FN5S.ClH/c1-11-16(23-17(20-11)24-12(2)21-23)10-22-7-6-19-9-15(22)13-4-3-5-14(18)8-13;/h3-5,8,15,19H,6-7,9-10H2,1-2H3;1H. The van der Waals surface area contributed by atoms with Crippen molar-refractivity contribution in [1.82, 2.24) is 24.8 Å². The summed E-state index contributed by atoms with van der Waals surface area (Å²) in [6.07, 6.45) is 0. The Balaban J connectivity index is 0.00000182. The van der Waals surface area contributed by atoms with E-state index < -0.39 is 0 Å². The fourth-order valence-corrected chi connectivity index (χ4v) is 4.15. The van der Waals surface area contributed by atoms with Crippen molar-refractivity contribution in [3.8, 4) is 0 Å². The maximum absolute atomic E-state index is 13.6. The minimum absolute atomic E-state index is 0. The molecule has 3 aromatic rings. The van der Waals surface area contributed by atoms with Gasteiger partial charge in [0.25, 0.3) is 0 Å². The van der Waals surface area contributed by atoms with E-state index >= 15 is 0 Å². The summed E-state index contributed by atoms with van der Waals surface area (Å²) in [6, 6.07) is 7.06. The fourth-order valence-electron chi connectivity index (χ4n) is 3.34. The zero-order chi connectivity index (χ0) is 16.7. The third-order valence-corrected chi connectivity index (χ3v) is 5.36. The zero-order valence-electron chi connectivity index (χ0n) is 14.2. The van der Waals surface area contributed by atoms with Crippen LogP contribution in [-0.2, 0) is 6.54 Å². The number of imidazole rings is 1. The van der Waals surface area contributed by atoms with Crippen LogP contribution in [0.3, 0.4) is 0 Å². The van der Waals surface area contributed by atoms with Crippen molar-refractivity contribution in [3.05, 3.63) is 52.0 Å². The number of fused-ring (bicyclic) bond motifs is 1. The summed E-state index contributed by atoms with van der Waals surface area (Å²) < 4.78 is 15.6. The molecule has 0 bridgehead atoms. The maximum atomic E-state index is 13.6. The summed E-state index contributed by atoms with van der Waals surface area (Å²) in [6.45, 7) is 7.46. The Morgan fingerprint density at radius 3 is 3.00 bits per heavy atom. The first-order chi connectivity index (χ1) is 11.6. The highest BCUT2D eigenvalue weighted by Crippen LogP contribution is 2.26. The van der Waals surface area contributed by atoms with Crippen molar-refractivity contribution < 1.29 is 4.39 Å². The molecule has 0 amide bonds. The SMILES string of the molecule is Cc1nn2c(CN3CCNCC3c3cccc(F)c3)c(C)nc2s1.Cl. The molecule has 8 heteroatoms. The largest absolute Gasteiger partial charge is 0.314 e. The lowest BCUT2D eigenvalue weighted by Crippen LogP contribution is -2.45. The topological polar surface area (TPSA) is 45.5 Å². The molecule has 134 valence electrons. The summed E-state index contributed by atoms with van der Waals surface area (Å²) >= 11 is 1.61. The van der Waals surface area contributed by atoms with Crippen molar-refractivity contribution in [2.75, 3.05) is 19.6 Å². The lowest BCUT2D eigenvalue weighted by atomic mass is 10.0. The molecule has 25 heavy (non-hydrogen) atoms. The van der Waals surface area contributed by atoms with Crippen LogP contribution in [0.1, 0.15) is 28.0 Å². The van der Waals surface area contributed by atoms with Gasteiger partial charge in [-0.1, -0.05) is 23.5 Å². The monoisotopic (exact) mass is 381 g/mol. The molecule has 1 fully saturated rings. The smallest absolute Gasteiger partial charge is 0.212 e. The summed E-state index contributed by atoms with van der Waals surface area (Å²) in [7, 11) is 0. The summed E-state index contributed by atoms with van der Waals surface area (Å²) in [5, 5.41) is 9.01. The van der Waals surface area contributed by atoms with Gasteiger partial charge in [0.1, 0.15) is 10.8 Å². The Kier molecular flexibility index (Phi) is 5.38. The third kappa shape index (κ3) is 3.55. The number of aryl methyl sites for hydroxylation is 2. The molecule has 0 spiro atoms. The van der Waals surface area contributed by atoms with Gasteiger partial charge in [0.2, 0.25) is 4.96 Å². The van der Waals surface area contributed by atoms with Crippen LogP contribution in [0.25, 0.3) is 4.96 Å². The van der Waals surface area contributed by atoms with E-state index in [0.29, 0.717) is 0 Å². The molecule has 0 radical (unpaired) electrons. The molecule has 4 rings (SSSR count). The third-order valence-electron chi connectivity index (χ3n) is 4.54. The van der Waals surface area contributed by atoms with Crippen LogP contribution in [-0.4, -0.2) is 39.1 Å². The maximum Gasteiger partial charge on any atom is 0.212 e. The molecule has 1 atom stereocenters. The van der Waals surface area contributed by atoms with E-state index in [4.69, 9.17) is 0 Å². The molecule has 2 aromatic heterocycles. The van der Waals surface area contributed by atoms with E-state index in [1.54, 1.807) is 23.5 Å². The molecule has 1 saturated heterocycles.